The number of pyridine rings is 1. The van der Waals surface area contributed by atoms with Gasteiger partial charge in [0.2, 0.25) is 0 Å². The summed E-state index contributed by atoms with van der Waals surface area (Å²) in [6, 6.07) is 7.25. The lowest BCUT2D eigenvalue weighted by Gasteiger charge is -2.28. The minimum Gasteiger partial charge on any atom is -0.485 e. The van der Waals surface area contributed by atoms with Crippen LogP contribution < -0.4 is 14.8 Å². The van der Waals surface area contributed by atoms with E-state index in [2.05, 4.69) is 10.3 Å². The lowest BCUT2D eigenvalue weighted by Crippen LogP contribution is -2.50. The SMILES string of the molecule is FC(F)(F)c1ccc(COc2ccc(Cl)cc2OC2CNC2)cn1. The van der Waals surface area contributed by atoms with E-state index < -0.39 is 11.9 Å². The predicted octanol–water partition coefficient (Wildman–Crippen LogP) is 3.68. The number of ether oxygens (including phenoxy) is 2. The summed E-state index contributed by atoms with van der Waals surface area (Å²) < 4.78 is 48.9. The van der Waals surface area contributed by atoms with Gasteiger partial charge in [-0.25, -0.2) is 0 Å². The lowest BCUT2D eigenvalue weighted by molar-refractivity contribution is -0.141. The topological polar surface area (TPSA) is 43.4 Å². The van der Waals surface area contributed by atoms with Crippen LogP contribution in [0.4, 0.5) is 13.2 Å². The Bertz CT molecular complexity index is 703. The molecule has 3 rings (SSSR count). The molecule has 0 saturated carbocycles. The monoisotopic (exact) mass is 358 g/mol. The molecule has 0 spiro atoms. The summed E-state index contributed by atoms with van der Waals surface area (Å²) in [5.74, 6) is 0.986. The molecule has 2 heterocycles. The van der Waals surface area contributed by atoms with Gasteiger partial charge in [0.15, 0.2) is 11.5 Å². The molecule has 0 bridgehead atoms. The van der Waals surface area contributed by atoms with Crippen molar-refractivity contribution in [3.63, 3.8) is 0 Å². The highest BCUT2D eigenvalue weighted by molar-refractivity contribution is 6.30. The van der Waals surface area contributed by atoms with Gasteiger partial charge >= 0.3 is 6.18 Å². The third kappa shape index (κ3) is 4.10. The summed E-state index contributed by atoms with van der Waals surface area (Å²) >= 11 is 5.97. The zero-order chi connectivity index (χ0) is 17.2. The first-order valence-electron chi connectivity index (χ1n) is 7.23. The van der Waals surface area contributed by atoms with Crippen LogP contribution in [0.3, 0.4) is 0 Å². The highest BCUT2D eigenvalue weighted by Crippen LogP contribution is 2.32. The standard InChI is InChI=1S/C16H14ClF3N2O2/c17-11-2-3-13(14(5-11)24-12-7-21-8-12)23-9-10-1-4-15(22-6-10)16(18,19)20/h1-6,12,21H,7-9H2. The number of hydrogen-bond donors (Lipinski definition) is 1. The highest BCUT2D eigenvalue weighted by Gasteiger charge is 2.32. The van der Waals surface area contributed by atoms with Gasteiger partial charge in [0.05, 0.1) is 0 Å². The Morgan fingerprint density at radius 3 is 2.54 bits per heavy atom. The number of hydrogen-bond acceptors (Lipinski definition) is 4. The Kier molecular flexibility index (Phi) is 4.82. The van der Waals surface area contributed by atoms with Gasteiger partial charge < -0.3 is 14.8 Å². The fourth-order valence-electron chi connectivity index (χ4n) is 2.06. The molecule has 8 heteroatoms. The molecule has 128 valence electrons. The van der Waals surface area contributed by atoms with Crippen molar-refractivity contribution in [2.75, 3.05) is 13.1 Å². The average Bonchev–Trinajstić information content (AvgIpc) is 2.49. The molecule has 0 aliphatic carbocycles. The maximum absolute atomic E-state index is 12.5. The molecule has 1 fully saturated rings. The Hall–Kier alpha value is -1.99. The van der Waals surface area contributed by atoms with Gasteiger partial charge in [-0.05, 0) is 18.2 Å². The van der Waals surface area contributed by atoms with E-state index in [4.69, 9.17) is 21.1 Å². The van der Waals surface area contributed by atoms with Crippen LogP contribution in [0.1, 0.15) is 11.3 Å². The van der Waals surface area contributed by atoms with E-state index >= 15 is 0 Å². The van der Waals surface area contributed by atoms with Crippen LogP contribution in [0, 0.1) is 0 Å². The molecule has 24 heavy (non-hydrogen) atoms. The fourth-order valence-corrected chi connectivity index (χ4v) is 2.22. The van der Waals surface area contributed by atoms with E-state index in [0.717, 1.165) is 25.4 Å². The van der Waals surface area contributed by atoms with Gasteiger partial charge in [-0.2, -0.15) is 13.2 Å². The van der Waals surface area contributed by atoms with Crippen molar-refractivity contribution < 1.29 is 22.6 Å². The van der Waals surface area contributed by atoms with Crippen molar-refractivity contribution >= 4 is 11.6 Å². The van der Waals surface area contributed by atoms with Crippen LogP contribution in [-0.2, 0) is 12.8 Å². The van der Waals surface area contributed by atoms with Crippen molar-refractivity contribution in [2.24, 2.45) is 0 Å². The molecule has 1 aromatic carbocycles. The highest BCUT2D eigenvalue weighted by atomic mass is 35.5. The average molecular weight is 359 g/mol. The van der Waals surface area contributed by atoms with Crippen molar-refractivity contribution in [3.8, 4) is 11.5 Å². The van der Waals surface area contributed by atoms with E-state index in [1.807, 2.05) is 0 Å². The van der Waals surface area contributed by atoms with Gasteiger partial charge in [-0.15, -0.1) is 0 Å². The number of benzene rings is 1. The summed E-state index contributed by atoms with van der Waals surface area (Å²) in [5.41, 5.74) is -0.409. The largest absolute Gasteiger partial charge is 0.485 e. The molecular formula is C16H14ClF3N2O2. The number of nitrogens with one attached hydrogen (secondary N) is 1. The normalized spacial score (nSPS) is 15.0. The first-order chi connectivity index (χ1) is 11.4. The molecule has 4 nitrogen and oxygen atoms in total. The minimum absolute atomic E-state index is 0.0542. The molecule has 2 aromatic rings. The van der Waals surface area contributed by atoms with Crippen molar-refractivity contribution in [1.82, 2.24) is 10.3 Å². The van der Waals surface area contributed by atoms with Crippen molar-refractivity contribution in [1.29, 1.82) is 0 Å². The van der Waals surface area contributed by atoms with Crippen LogP contribution in [0.2, 0.25) is 5.02 Å². The first kappa shape index (κ1) is 16.9. The quantitative estimate of drug-likeness (QED) is 0.885. The summed E-state index contributed by atoms with van der Waals surface area (Å²) in [6.07, 6.45) is -3.25. The molecule has 0 unspecified atom stereocenters. The van der Waals surface area contributed by atoms with Crippen LogP contribution in [-0.4, -0.2) is 24.2 Å². The Labute approximate surface area is 141 Å². The zero-order valence-electron chi connectivity index (χ0n) is 12.4. The van der Waals surface area contributed by atoms with E-state index in [1.165, 1.54) is 6.07 Å². The molecule has 1 aromatic heterocycles. The van der Waals surface area contributed by atoms with Gasteiger partial charge in [0.1, 0.15) is 18.4 Å². The number of alkyl halides is 3. The third-order valence-corrected chi connectivity index (χ3v) is 3.69. The number of nitrogens with zero attached hydrogens (tertiary/aromatic N) is 1. The zero-order valence-corrected chi connectivity index (χ0v) is 13.2. The molecule has 1 N–H and O–H groups in total. The molecule has 1 aliphatic heterocycles. The van der Waals surface area contributed by atoms with Crippen LogP contribution in [0.5, 0.6) is 11.5 Å². The third-order valence-electron chi connectivity index (χ3n) is 3.45. The predicted molar refractivity (Wildman–Crippen MR) is 82.3 cm³/mol. The van der Waals surface area contributed by atoms with Crippen LogP contribution >= 0.6 is 11.6 Å². The van der Waals surface area contributed by atoms with E-state index in [-0.39, 0.29) is 12.7 Å². The lowest BCUT2D eigenvalue weighted by atomic mass is 10.2. The van der Waals surface area contributed by atoms with Crippen LogP contribution in [0.15, 0.2) is 36.5 Å². The summed E-state index contributed by atoms with van der Waals surface area (Å²) in [7, 11) is 0. The van der Waals surface area contributed by atoms with Gasteiger partial charge in [-0.3, -0.25) is 4.98 Å². The first-order valence-corrected chi connectivity index (χ1v) is 7.61. The van der Waals surface area contributed by atoms with Gasteiger partial charge in [0, 0.05) is 35.9 Å². The molecule has 0 atom stereocenters. The molecular weight excluding hydrogens is 345 g/mol. The second-order valence-corrected chi connectivity index (χ2v) is 5.76. The van der Waals surface area contributed by atoms with E-state index in [0.29, 0.717) is 22.1 Å². The second kappa shape index (κ2) is 6.86. The second-order valence-electron chi connectivity index (χ2n) is 5.33. The van der Waals surface area contributed by atoms with E-state index in [1.54, 1.807) is 18.2 Å². The molecule has 1 saturated heterocycles. The van der Waals surface area contributed by atoms with Crippen molar-refractivity contribution in [3.05, 3.63) is 52.8 Å². The number of rotatable bonds is 5. The van der Waals surface area contributed by atoms with Gasteiger partial charge in [0.25, 0.3) is 0 Å². The fraction of sp³-hybridized carbons (Fsp3) is 0.312. The van der Waals surface area contributed by atoms with E-state index in [9.17, 15) is 13.2 Å². The Morgan fingerprint density at radius 1 is 1.17 bits per heavy atom. The van der Waals surface area contributed by atoms with Gasteiger partial charge in [-0.1, -0.05) is 17.7 Å². The Morgan fingerprint density at radius 2 is 1.96 bits per heavy atom. The molecule has 0 radical (unpaired) electrons. The maximum atomic E-state index is 12.5. The molecule has 0 amide bonds. The Balaban J connectivity index is 1.67. The maximum Gasteiger partial charge on any atom is 0.433 e. The van der Waals surface area contributed by atoms with Crippen LogP contribution in [0.25, 0.3) is 0 Å². The summed E-state index contributed by atoms with van der Waals surface area (Å²) in [6.45, 7) is 1.57. The number of aromatic nitrogens is 1. The van der Waals surface area contributed by atoms with Crippen molar-refractivity contribution in [2.45, 2.75) is 18.9 Å². The summed E-state index contributed by atoms with van der Waals surface area (Å²) in [4.78, 5) is 3.40. The summed E-state index contributed by atoms with van der Waals surface area (Å²) in [5, 5.41) is 3.61. The number of halogens is 4. The molecule has 1 aliphatic rings. The smallest absolute Gasteiger partial charge is 0.433 e. The minimum atomic E-state index is -4.45.